The lowest BCUT2D eigenvalue weighted by Crippen LogP contribution is -2.12. The molecule has 1 N–H and O–H groups in total. The zero-order chi connectivity index (χ0) is 14.5. The maximum atomic E-state index is 4.87. The molecule has 20 heavy (non-hydrogen) atoms. The lowest BCUT2D eigenvalue weighted by atomic mass is 10.1. The highest BCUT2D eigenvalue weighted by Crippen LogP contribution is 2.30. The summed E-state index contributed by atoms with van der Waals surface area (Å²) in [7, 11) is 0. The third-order valence-electron chi connectivity index (χ3n) is 3.18. The molecule has 2 heterocycles. The van der Waals surface area contributed by atoms with E-state index in [0.29, 0.717) is 5.92 Å². The van der Waals surface area contributed by atoms with Crippen molar-refractivity contribution in [3.05, 3.63) is 34.6 Å². The standard InChI is InChI=1S/C16H23N3S/c1-5-17-10-15-14(8-11(2)3)19-16(20-15)13-9-18-7-6-12(13)4/h6-7,9,11,17H,5,8,10H2,1-4H3. The van der Waals surface area contributed by atoms with E-state index in [2.05, 4.69) is 38.0 Å². The topological polar surface area (TPSA) is 37.8 Å². The van der Waals surface area contributed by atoms with E-state index in [0.717, 1.165) is 30.1 Å². The zero-order valence-corrected chi connectivity index (χ0v) is 13.5. The molecule has 0 bridgehead atoms. The normalized spacial score (nSPS) is 11.2. The van der Waals surface area contributed by atoms with Crippen molar-refractivity contribution in [1.82, 2.24) is 15.3 Å². The van der Waals surface area contributed by atoms with Crippen LogP contribution in [0.1, 0.15) is 36.9 Å². The van der Waals surface area contributed by atoms with Crippen molar-refractivity contribution in [2.45, 2.75) is 40.7 Å². The third kappa shape index (κ3) is 3.64. The van der Waals surface area contributed by atoms with E-state index in [9.17, 15) is 0 Å². The van der Waals surface area contributed by atoms with Crippen LogP contribution in [-0.4, -0.2) is 16.5 Å². The van der Waals surface area contributed by atoms with Crippen molar-refractivity contribution in [3.8, 4) is 10.6 Å². The third-order valence-corrected chi connectivity index (χ3v) is 4.32. The molecular weight excluding hydrogens is 266 g/mol. The van der Waals surface area contributed by atoms with Crippen molar-refractivity contribution in [2.24, 2.45) is 5.92 Å². The number of thiazole rings is 1. The minimum absolute atomic E-state index is 0.625. The highest BCUT2D eigenvalue weighted by atomic mass is 32.1. The predicted octanol–water partition coefficient (Wildman–Crippen LogP) is 3.82. The number of nitrogens with one attached hydrogen (secondary N) is 1. The van der Waals surface area contributed by atoms with E-state index in [4.69, 9.17) is 4.98 Å². The molecule has 0 fully saturated rings. The molecule has 108 valence electrons. The van der Waals surface area contributed by atoms with Crippen LogP contribution in [0.25, 0.3) is 10.6 Å². The van der Waals surface area contributed by atoms with Crippen LogP contribution in [0.4, 0.5) is 0 Å². The molecule has 4 heteroatoms. The number of aromatic nitrogens is 2. The van der Waals surface area contributed by atoms with Gasteiger partial charge in [-0.3, -0.25) is 4.98 Å². The van der Waals surface area contributed by atoms with Gasteiger partial charge in [0.2, 0.25) is 0 Å². The fourth-order valence-corrected chi connectivity index (χ4v) is 3.24. The molecule has 0 aliphatic heterocycles. The fourth-order valence-electron chi connectivity index (χ4n) is 2.11. The number of hydrogen-bond acceptors (Lipinski definition) is 4. The molecule has 0 radical (unpaired) electrons. The van der Waals surface area contributed by atoms with Gasteiger partial charge in [0.15, 0.2) is 0 Å². The van der Waals surface area contributed by atoms with Crippen molar-refractivity contribution >= 4 is 11.3 Å². The van der Waals surface area contributed by atoms with Gasteiger partial charge >= 0.3 is 0 Å². The molecule has 2 aromatic heterocycles. The lowest BCUT2D eigenvalue weighted by molar-refractivity contribution is 0.628. The van der Waals surface area contributed by atoms with Crippen molar-refractivity contribution in [2.75, 3.05) is 6.54 Å². The van der Waals surface area contributed by atoms with Crippen LogP contribution < -0.4 is 5.32 Å². The largest absolute Gasteiger partial charge is 0.312 e. The summed E-state index contributed by atoms with van der Waals surface area (Å²) in [6.45, 7) is 10.6. The summed E-state index contributed by atoms with van der Waals surface area (Å²) in [6.07, 6.45) is 4.79. The molecule has 0 saturated carbocycles. The maximum Gasteiger partial charge on any atom is 0.125 e. The summed E-state index contributed by atoms with van der Waals surface area (Å²) in [4.78, 5) is 10.5. The summed E-state index contributed by atoms with van der Waals surface area (Å²) in [6, 6.07) is 2.04. The Morgan fingerprint density at radius 1 is 1.35 bits per heavy atom. The van der Waals surface area contributed by atoms with E-state index in [1.165, 1.54) is 16.1 Å². The van der Waals surface area contributed by atoms with E-state index in [1.54, 1.807) is 11.3 Å². The summed E-state index contributed by atoms with van der Waals surface area (Å²) in [5, 5.41) is 4.51. The molecule has 3 nitrogen and oxygen atoms in total. The smallest absolute Gasteiger partial charge is 0.125 e. The predicted molar refractivity (Wildman–Crippen MR) is 86.0 cm³/mol. The first kappa shape index (κ1) is 15.1. The Kier molecular flexibility index (Phi) is 5.26. The number of hydrogen-bond donors (Lipinski definition) is 1. The Bertz CT molecular complexity index is 561. The molecule has 0 aliphatic carbocycles. The number of nitrogens with zero attached hydrogens (tertiary/aromatic N) is 2. The average molecular weight is 289 g/mol. The van der Waals surface area contributed by atoms with Gasteiger partial charge in [0.05, 0.1) is 5.69 Å². The van der Waals surface area contributed by atoms with E-state index in [1.807, 2.05) is 18.5 Å². The summed E-state index contributed by atoms with van der Waals surface area (Å²) in [5.74, 6) is 0.625. The lowest BCUT2D eigenvalue weighted by Gasteiger charge is -2.04. The highest BCUT2D eigenvalue weighted by molar-refractivity contribution is 7.15. The highest BCUT2D eigenvalue weighted by Gasteiger charge is 2.14. The Morgan fingerprint density at radius 2 is 2.15 bits per heavy atom. The second-order valence-corrected chi connectivity index (χ2v) is 6.54. The molecule has 2 rings (SSSR count). The van der Waals surface area contributed by atoms with Gasteiger partial charge in [0, 0.05) is 29.4 Å². The minimum Gasteiger partial charge on any atom is -0.312 e. The molecular formula is C16H23N3S. The van der Waals surface area contributed by atoms with Crippen LogP contribution in [0.5, 0.6) is 0 Å². The fraction of sp³-hybridized carbons (Fsp3) is 0.500. The van der Waals surface area contributed by atoms with Gasteiger partial charge in [-0.2, -0.15) is 0 Å². The Labute approximate surface area is 125 Å². The van der Waals surface area contributed by atoms with E-state index in [-0.39, 0.29) is 0 Å². The van der Waals surface area contributed by atoms with Crippen molar-refractivity contribution in [3.63, 3.8) is 0 Å². The first-order valence-electron chi connectivity index (χ1n) is 7.22. The number of rotatable bonds is 6. The van der Waals surface area contributed by atoms with Crippen LogP contribution in [0.15, 0.2) is 18.5 Å². The first-order chi connectivity index (χ1) is 9.61. The second-order valence-electron chi connectivity index (χ2n) is 5.46. The minimum atomic E-state index is 0.625. The maximum absolute atomic E-state index is 4.87. The van der Waals surface area contributed by atoms with Gasteiger partial charge in [-0.05, 0) is 37.4 Å². The second kappa shape index (κ2) is 6.95. The Morgan fingerprint density at radius 3 is 2.80 bits per heavy atom. The van der Waals surface area contributed by atoms with Gasteiger partial charge in [-0.15, -0.1) is 11.3 Å². The van der Waals surface area contributed by atoms with Crippen LogP contribution in [-0.2, 0) is 13.0 Å². The molecule has 0 unspecified atom stereocenters. The van der Waals surface area contributed by atoms with Gasteiger partial charge < -0.3 is 5.32 Å². The molecule has 0 amide bonds. The molecule has 0 spiro atoms. The number of aryl methyl sites for hydroxylation is 1. The van der Waals surface area contributed by atoms with Gasteiger partial charge in [0.25, 0.3) is 0 Å². The molecule has 0 saturated heterocycles. The molecule has 0 aliphatic rings. The van der Waals surface area contributed by atoms with Crippen LogP contribution in [0, 0.1) is 12.8 Å². The Hall–Kier alpha value is -1.26. The van der Waals surface area contributed by atoms with Gasteiger partial charge in [-0.1, -0.05) is 20.8 Å². The first-order valence-corrected chi connectivity index (χ1v) is 8.03. The summed E-state index contributed by atoms with van der Waals surface area (Å²) in [5.41, 5.74) is 3.63. The van der Waals surface area contributed by atoms with Crippen molar-refractivity contribution in [1.29, 1.82) is 0 Å². The monoisotopic (exact) mass is 289 g/mol. The van der Waals surface area contributed by atoms with Gasteiger partial charge in [-0.25, -0.2) is 4.98 Å². The Balaban J connectivity index is 2.35. The molecule has 0 atom stereocenters. The van der Waals surface area contributed by atoms with Crippen molar-refractivity contribution < 1.29 is 0 Å². The van der Waals surface area contributed by atoms with Crippen LogP contribution >= 0.6 is 11.3 Å². The summed E-state index contributed by atoms with van der Waals surface area (Å²) < 4.78 is 0. The van der Waals surface area contributed by atoms with Gasteiger partial charge in [0.1, 0.15) is 5.01 Å². The van der Waals surface area contributed by atoms with Crippen LogP contribution in [0.2, 0.25) is 0 Å². The zero-order valence-electron chi connectivity index (χ0n) is 12.7. The molecule has 0 aromatic carbocycles. The van der Waals surface area contributed by atoms with Crippen LogP contribution in [0.3, 0.4) is 0 Å². The average Bonchev–Trinajstić information content (AvgIpc) is 2.79. The van der Waals surface area contributed by atoms with E-state index < -0.39 is 0 Å². The quantitative estimate of drug-likeness (QED) is 0.878. The van der Waals surface area contributed by atoms with E-state index >= 15 is 0 Å². The SMILES string of the molecule is CCNCc1sc(-c2cnccc2C)nc1CC(C)C. The molecule has 2 aromatic rings. The summed E-state index contributed by atoms with van der Waals surface area (Å²) >= 11 is 1.80. The number of pyridine rings is 1.